The number of halogens is 1. The summed E-state index contributed by atoms with van der Waals surface area (Å²) in [6.45, 7) is 4.01. The van der Waals surface area contributed by atoms with E-state index in [-0.39, 0.29) is 30.5 Å². The molecule has 0 aromatic heterocycles. The Bertz CT molecular complexity index is 1170. The largest absolute Gasteiger partial charge is 0.325 e. The maximum absolute atomic E-state index is 14.4. The molecular weight excluding hydrogens is 490 g/mol. The van der Waals surface area contributed by atoms with Crippen LogP contribution in [0.15, 0.2) is 84.9 Å². The molecule has 3 aromatic rings. The lowest BCUT2D eigenvalue weighted by Crippen LogP contribution is -2.56. The molecule has 1 atom stereocenters. The van der Waals surface area contributed by atoms with Crippen LogP contribution in [0, 0.1) is 5.92 Å². The molecule has 2 fully saturated rings. The van der Waals surface area contributed by atoms with Crippen molar-refractivity contribution >= 4 is 24.1 Å². The van der Waals surface area contributed by atoms with Gasteiger partial charge in [0.2, 0.25) is 0 Å². The van der Waals surface area contributed by atoms with Crippen LogP contribution in [0.3, 0.4) is 0 Å². The van der Waals surface area contributed by atoms with Crippen LogP contribution < -0.4 is 4.90 Å². The summed E-state index contributed by atoms with van der Waals surface area (Å²) in [5, 5.41) is 0. The highest BCUT2D eigenvalue weighted by atomic mass is 35.5. The van der Waals surface area contributed by atoms with Crippen molar-refractivity contribution in [1.29, 1.82) is 0 Å². The summed E-state index contributed by atoms with van der Waals surface area (Å²) < 4.78 is 0. The summed E-state index contributed by atoms with van der Waals surface area (Å²) in [5.41, 5.74) is 4.63. The quantitative estimate of drug-likeness (QED) is 0.327. The number of benzene rings is 3. The number of likely N-dealkylation sites (tertiary alicyclic amines) is 1. The molecule has 0 radical (unpaired) electrons. The summed E-state index contributed by atoms with van der Waals surface area (Å²) in [6, 6.07) is 29.9. The van der Waals surface area contributed by atoms with Crippen molar-refractivity contribution in [3.63, 3.8) is 0 Å². The molecule has 4 nitrogen and oxygen atoms in total. The van der Waals surface area contributed by atoms with Crippen molar-refractivity contribution in [2.75, 3.05) is 24.5 Å². The molecule has 0 N–H and O–H groups in total. The molecule has 2 heterocycles. The highest BCUT2D eigenvalue weighted by molar-refractivity contribution is 5.96. The van der Waals surface area contributed by atoms with Gasteiger partial charge >= 0.3 is 6.03 Å². The van der Waals surface area contributed by atoms with Crippen LogP contribution in [-0.4, -0.2) is 41.5 Å². The van der Waals surface area contributed by atoms with Crippen LogP contribution in [0.2, 0.25) is 0 Å². The van der Waals surface area contributed by atoms with E-state index in [9.17, 15) is 4.79 Å². The molecule has 0 spiro atoms. The fourth-order valence-electron chi connectivity index (χ4n) is 6.84. The van der Waals surface area contributed by atoms with Crippen molar-refractivity contribution < 1.29 is 4.79 Å². The van der Waals surface area contributed by atoms with Crippen molar-refractivity contribution in [1.82, 2.24) is 9.80 Å². The Labute approximate surface area is 234 Å². The van der Waals surface area contributed by atoms with Crippen LogP contribution >= 0.6 is 12.4 Å². The van der Waals surface area contributed by atoms with E-state index >= 15 is 0 Å². The van der Waals surface area contributed by atoms with Gasteiger partial charge in [-0.3, -0.25) is 4.90 Å². The van der Waals surface area contributed by atoms with E-state index in [2.05, 4.69) is 88.7 Å². The zero-order valence-electron chi connectivity index (χ0n) is 22.3. The third-order valence-corrected chi connectivity index (χ3v) is 8.74. The SMILES string of the molecule is Cl.O=C1N(Cc2ccccc2)c2ccccc2C(c2ccccc2)N1C1CCN(CC2CCCCC2)CC1. The molecule has 3 aliphatic rings. The molecule has 38 heavy (non-hydrogen) atoms. The van der Waals surface area contributed by atoms with Crippen molar-refractivity contribution in [2.45, 2.75) is 63.6 Å². The number of hydrogen-bond donors (Lipinski definition) is 0. The molecule has 200 valence electrons. The summed E-state index contributed by atoms with van der Waals surface area (Å²) in [6.07, 6.45) is 9.10. The highest BCUT2D eigenvalue weighted by Gasteiger charge is 2.42. The minimum atomic E-state index is -0.0492. The second-order valence-corrected chi connectivity index (χ2v) is 11.2. The van der Waals surface area contributed by atoms with Gasteiger partial charge in [-0.1, -0.05) is 98.1 Å². The first-order valence-corrected chi connectivity index (χ1v) is 14.3. The predicted octanol–water partition coefficient (Wildman–Crippen LogP) is 7.68. The fourth-order valence-corrected chi connectivity index (χ4v) is 6.84. The van der Waals surface area contributed by atoms with Crippen LogP contribution in [0.4, 0.5) is 10.5 Å². The topological polar surface area (TPSA) is 26.8 Å². The van der Waals surface area contributed by atoms with Gasteiger partial charge in [0.15, 0.2) is 0 Å². The number of urea groups is 1. The van der Waals surface area contributed by atoms with Crippen molar-refractivity contribution in [3.05, 3.63) is 102 Å². The van der Waals surface area contributed by atoms with Gasteiger partial charge < -0.3 is 9.80 Å². The summed E-state index contributed by atoms with van der Waals surface area (Å²) in [5.74, 6) is 0.868. The number of carbonyl (C=O) groups excluding carboxylic acids is 1. The van der Waals surface area contributed by atoms with Crippen molar-refractivity contribution in [3.8, 4) is 0 Å². The molecular formula is C33H40ClN3O. The highest BCUT2D eigenvalue weighted by Crippen LogP contribution is 2.43. The second-order valence-electron chi connectivity index (χ2n) is 11.2. The Hall–Kier alpha value is -2.82. The Kier molecular flexibility index (Phi) is 8.71. The first-order valence-electron chi connectivity index (χ1n) is 14.3. The molecule has 1 saturated heterocycles. The van der Waals surface area contributed by atoms with E-state index in [1.54, 1.807) is 0 Å². The van der Waals surface area contributed by atoms with Gasteiger partial charge in [0.25, 0.3) is 0 Å². The van der Waals surface area contributed by atoms with Gasteiger partial charge in [0, 0.05) is 31.2 Å². The first-order chi connectivity index (χ1) is 18.3. The maximum atomic E-state index is 14.4. The molecule has 0 bridgehead atoms. The lowest BCUT2D eigenvalue weighted by molar-refractivity contribution is 0.0925. The molecule has 1 aliphatic carbocycles. The van der Waals surface area contributed by atoms with E-state index in [0.29, 0.717) is 6.54 Å². The summed E-state index contributed by atoms with van der Waals surface area (Å²) >= 11 is 0. The smallest absolute Gasteiger partial charge is 0.310 e. The molecule has 3 aromatic carbocycles. The Morgan fingerprint density at radius 2 is 1.34 bits per heavy atom. The number of rotatable bonds is 6. The van der Waals surface area contributed by atoms with Gasteiger partial charge in [-0.2, -0.15) is 0 Å². The average molecular weight is 530 g/mol. The summed E-state index contributed by atoms with van der Waals surface area (Å²) in [7, 11) is 0. The zero-order chi connectivity index (χ0) is 25.0. The van der Waals surface area contributed by atoms with Gasteiger partial charge in [0.1, 0.15) is 0 Å². The fraction of sp³-hybridized carbons (Fsp3) is 0.424. The number of para-hydroxylation sites is 1. The third kappa shape index (κ3) is 5.62. The molecule has 6 rings (SSSR count). The number of anilines is 1. The van der Waals surface area contributed by atoms with Gasteiger partial charge in [-0.25, -0.2) is 4.79 Å². The molecule has 5 heteroatoms. The number of amides is 2. The molecule has 2 amide bonds. The second kappa shape index (κ2) is 12.4. The molecule has 1 saturated carbocycles. The van der Waals surface area contributed by atoms with E-state index in [1.165, 1.54) is 49.8 Å². The number of nitrogens with zero attached hydrogens (tertiary/aromatic N) is 3. The van der Waals surface area contributed by atoms with Gasteiger partial charge in [-0.15, -0.1) is 12.4 Å². The maximum Gasteiger partial charge on any atom is 0.325 e. The number of fused-ring (bicyclic) bond motifs is 1. The van der Waals surface area contributed by atoms with Crippen LogP contribution in [-0.2, 0) is 6.54 Å². The zero-order valence-corrected chi connectivity index (χ0v) is 23.1. The molecule has 2 aliphatic heterocycles. The number of carbonyl (C=O) groups is 1. The normalized spacial score (nSPS) is 21.2. The van der Waals surface area contributed by atoms with E-state index in [0.717, 1.165) is 43.1 Å². The minimum Gasteiger partial charge on any atom is -0.310 e. The minimum absolute atomic E-state index is 0. The van der Waals surface area contributed by atoms with E-state index in [4.69, 9.17) is 0 Å². The lowest BCUT2D eigenvalue weighted by Gasteiger charge is -2.48. The van der Waals surface area contributed by atoms with Gasteiger partial charge in [-0.05, 0) is 48.8 Å². The third-order valence-electron chi connectivity index (χ3n) is 8.74. The van der Waals surface area contributed by atoms with Crippen LogP contribution in [0.25, 0.3) is 0 Å². The average Bonchev–Trinajstić information content (AvgIpc) is 2.96. The Morgan fingerprint density at radius 3 is 2.05 bits per heavy atom. The predicted molar refractivity (Wildman–Crippen MR) is 158 cm³/mol. The van der Waals surface area contributed by atoms with Crippen LogP contribution in [0.1, 0.15) is 67.7 Å². The van der Waals surface area contributed by atoms with Crippen molar-refractivity contribution in [2.24, 2.45) is 5.92 Å². The number of hydrogen-bond acceptors (Lipinski definition) is 2. The monoisotopic (exact) mass is 529 g/mol. The first kappa shape index (κ1) is 26.8. The van der Waals surface area contributed by atoms with E-state index < -0.39 is 0 Å². The molecule has 1 unspecified atom stereocenters. The standard InChI is InChI=1S/C33H39N3O.ClH/c37-33-35(25-27-14-6-2-7-15-27)31-19-11-10-18-30(31)32(28-16-8-3-9-17-28)36(33)29-20-22-34(23-21-29)24-26-12-4-1-5-13-26;/h2-3,6-11,14-19,26,29,32H,1,4-5,12-13,20-25H2;1H. The Balaban J connectivity index is 0.00000294. The summed E-state index contributed by atoms with van der Waals surface area (Å²) in [4.78, 5) is 21.3. The lowest BCUT2D eigenvalue weighted by atomic mass is 9.87. The number of piperidine rings is 1. The van der Waals surface area contributed by atoms with E-state index in [1.807, 2.05) is 11.0 Å². The van der Waals surface area contributed by atoms with Gasteiger partial charge in [0.05, 0.1) is 18.3 Å². The van der Waals surface area contributed by atoms with Crippen LogP contribution in [0.5, 0.6) is 0 Å². The Morgan fingerprint density at radius 1 is 0.711 bits per heavy atom.